The fraction of sp³-hybridized carbons (Fsp3) is 0.400. The van der Waals surface area contributed by atoms with E-state index in [0.717, 1.165) is 16.3 Å². The topological polar surface area (TPSA) is 68.4 Å². The number of benzene rings is 1. The lowest BCUT2D eigenvalue weighted by Crippen LogP contribution is -2.45. The molecule has 2 aromatic rings. The maximum absolute atomic E-state index is 10.9. The summed E-state index contributed by atoms with van der Waals surface area (Å²) in [4.78, 5) is 4.42. The Morgan fingerprint density at radius 3 is 3.00 bits per heavy atom. The zero-order valence-electron chi connectivity index (χ0n) is 11.4. The summed E-state index contributed by atoms with van der Waals surface area (Å²) in [7, 11) is 0. The molecule has 3 rings (SSSR count). The number of rotatable bonds is 3. The second-order valence-electron chi connectivity index (χ2n) is 5.15. The van der Waals surface area contributed by atoms with Crippen LogP contribution in [-0.4, -0.2) is 23.2 Å². The minimum absolute atomic E-state index is 0.366. The minimum atomic E-state index is -0.706. The Hall–Kier alpha value is -1.43. The van der Waals surface area contributed by atoms with Gasteiger partial charge in [-0.2, -0.15) is 0 Å². The number of hydrogen-bond acceptors (Lipinski definition) is 5. The van der Waals surface area contributed by atoms with Crippen molar-refractivity contribution in [1.82, 2.24) is 4.98 Å². The Morgan fingerprint density at radius 2 is 2.30 bits per heavy atom. The maximum Gasteiger partial charge on any atom is 0.123 e. The molecule has 2 atom stereocenters. The van der Waals surface area contributed by atoms with Crippen molar-refractivity contribution in [3.63, 3.8) is 0 Å². The number of aliphatic hydroxyl groups is 1. The highest BCUT2D eigenvalue weighted by molar-refractivity contribution is 7.09. The van der Waals surface area contributed by atoms with E-state index in [1.807, 2.05) is 36.6 Å². The van der Waals surface area contributed by atoms with Gasteiger partial charge in [-0.3, -0.25) is 0 Å². The lowest BCUT2D eigenvalue weighted by atomic mass is 9.71. The third-order valence-corrected chi connectivity index (χ3v) is 4.83. The van der Waals surface area contributed by atoms with Crippen molar-refractivity contribution in [2.45, 2.75) is 24.9 Å². The van der Waals surface area contributed by atoms with E-state index in [4.69, 9.17) is 10.5 Å². The average Bonchev–Trinajstić information content (AvgIpc) is 2.92. The molecule has 0 amide bonds. The third kappa shape index (κ3) is 2.02. The second kappa shape index (κ2) is 5.16. The van der Waals surface area contributed by atoms with E-state index in [-0.39, 0.29) is 0 Å². The van der Waals surface area contributed by atoms with E-state index in [9.17, 15) is 5.11 Å². The molecule has 0 saturated carbocycles. The Morgan fingerprint density at radius 1 is 1.50 bits per heavy atom. The van der Waals surface area contributed by atoms with Crippen LogP contribution in [0.25, 0.3) is 0 Å². The van der Waals surface area contributed by atoms with E-state index in [1.54, 1.807) is 11.3 Å². The SMILES string of the molecule is Cc1nc(C(O)C2(CN)CCOc3ccccc32)cs1. The van der Waals surface area contributed by atoms with E-state index in [0.29, 0.717) is 25.3 Å². The Balaban J connectivity index is 2.08. The summed E-state index contributed by atoms with van der Waals surface area (Å²) in [6.45, 7) is 2.87. The first-order valence-electron chi connectivity index (χ1n) is 6.70. The van der Waals surface area contributed by atoms with Crippen molar-refractivity contribution in [3.8, 4) is 5.75 Å². The molecule has 0 fully saturated rings. The van der Waals surface area contributed by atoms with Crippen LogP contribution in [0.5, 0.6) is 5.75 Å². The number of nitrogens with zero attached hydrogens (tertiary/aromatic N) is 1. The zero-order chi connectivity index (χ0) is 14.2. The highest BCUT2D eigenvalue weighted by Crippen LogP contribution is 2.46. The first-order chi connectivity index (χ1) is 9.67. The Labute approximate surface area is 122 Å². The molecular formula is C15H18N2O2S. The van der Waals surface area contributed by atoms with Crippen LogP contribution in [0.4, 0.5) is 0 Å². The standard InChI is InChI=1S/C15H18N2O2S/c1-10-17-12(8-20-10)14(18)15(9-16)6-7-19-13-5-3-2-4-11(13)15/h2-5,8,14,18H,6-7,9,16H2,1H3. The highest BCUT2D eigenvalue weighted by Gasteiger charge is 2.44. The summed E-state index contributed by atoms with van der Waals surface area (Å²) in [6, 6.07) is 7.81. The number of para-hydroxylation sites is 1. The molecule has 0 aliphatic carbocycles. The van der Waals surface area contributed by atoms with E-state index < -0.39 is 11.5 Å². The molecule has 3 N–H and O–H groups in total. The predicted octanol–water partition coefficient (Wildman–Crippen LogP) is 2.16. The van der Waals surface area contributed by atoms with Crippen molar-refractivity contribution >= 4 is 11.3 Å². The molecule has 0 bridgehead atoms. The fourth-order valence-corrected chi connectivity index (χ4v) is 3.51. The van der Waals surface area contributed by atoms with Gasteiger partial charge in [-0.1, -0.05) is 18.2 Å². The van der Waals surface area contributed by atoms with Crippen LogP contribution in [0.1, 0.15) is 28.8 Å². The molecule has 2 heterocycles. The molecule has 0 spiro atoms. The van der Waals surface area contributed by atoms with Gasteiger partial charge in [0.15, 0.2) is 0 Å². The molecule has 1 aliphatic rings. The van der Waals surface area contributed by atoms with E-state index >= 15 is 0 Å². The number of thiazole rings is 1. The van der Waals surface area contributed by atoms with Crippen molar-refractivity contribution in [2.24, 2.45) is 5.73 Å². The third-order valence-electron chi connectivity index (χ3n) is 4.03. The quantitative estimate of drug-likeness (QED) is 0.909. The Bertz CT molecular complexity index is 613. The van der Waals surface area contributed by atoms with Crippen LogP contribution < -0.4 is 10.5 Å². The lowest BCUT2D eigenvalue weighted by Gasteiger charge is -2.41. The number of nitrogens with two attached hydrogens (primary N) is 1. The average molecular weight is 290 g/mol. The van der Waals surface area contributed by atoms with Gasteiger partial charge in [-0.05, 0) is 19.4 Å². The van der Waals surface area contributed by atoms with Crippen LogP contribution >= 0.6 is 11.3 Å². The van der Waals surface area contributed by atoms with Gasteiger partial charge in [-0.15, -0.1) is 11.3 Å². The molecule has 5 heteroatoms. The molecule has 20 heavy (non-hydrogen) atoms. The van der Waals surface area contributed by atoms with Crippen molar-refractivity contribution < 1.29 is 9.84 Å². The largest absolute Gasteiger partial charge is 0.493 e. The molecule has 1 aliphatic heterocycles. The summed E-state index contributed by atoms with van der Waals surface area (Å²) in [5, 5.41) is 13.7. The van der Waals surface area contributed by atoms with Gasteiger partial charge in [0, 0.05) is 22.9 Å². The van der Waals surface area contributed by atoms with E-state index in [2.05, 4.69) is 4.98 Å². The van der Waals surface area contributed by atoms with Crippen molar-refractivity contribution in [3.05, 3.63) is 45.9 Å². The summed E-state index contributed by atoms with van der Waals surface area (Å²) in [5.74, 6) is 0.815. The number of fused-ring (bicyclic) bond motifs is 1. The van der Waals surface area contributed by atoms with E-state index in [1.165, 1.54) is 0 Å². The van der Waals surface area contributed by atoms with Crippen LogP contribution in [0.15, 0.2) is 29.6 Å². The monoisotopic (exact) mass is 290 g/mol. The molecule has 1 aromatic carbocycles. The molecular weight excluding hydrogens is 272 g/mol. The number of aliphatic hydroxyl groups excluding tert-OH is 1. The van der Waals surface area contributed by atoms with Gasteiger partial charge >= 0.3 is 0 Å². The zero-order valence-corrected chi connectivity index (χ0v) is 12.2. The molecule has 106 valence electrons. The highest BCUT2D eigenvalue weighted by atomic mass is 32.1. The summed E-state index contributed by atoms with van der Waals surface area (Å²) in [5.41, 5.74) is 7.22. The van der Waals surface area contributed by atoms with Crippen LogP contribution in [0.3, 0.4) is 0 Å². The first kappa shape index (κ1) is 13.5. The van der Waals surface area contributed by atoms with Gasteiger partial charge < -0.3 is 15.6 Å². The smallest absolute Gasteiger partial charge is 0.123 e. The van der Waals surface area contributed by atoms with Gasteiger partial charge in [0.05, 0.1) is 17.3 Å². The fourth-order valence-electron chi connectivity index (χ4n) is 2.88. The van der Waals surface area contributed by atoms with Crippen molar-refractivity contribution in [1.29, 1.82) is 0 Å². The second-order valence-corrected chi connectivity index (χ2v) is 6.21. The van der Waals surface area contributed by atoms with Crippen LogP contribution in [0.2, 0.25) is 0 Å². The molecule has 1 aromatic heterocycles. The maximum atomic E-state index is 10.9. The summed E-state index contributed by atoms with van der Waals surface area (Å²) < 4.78 is 5.69. The number of ether oxygens (including phenoxy) is 1. The van der Waals surface area contributed by atoms with Gasteiger partial charge in [0.1, 0.15) is 11.9 Å². The molecule has 0 radical (unpaired) electrons. The van der Waals surface area contributed by atoms with Crippen LogP contribution in [-0.2, 0) is 5.41 Å². The predicted molar refractivity (Wildman–Crippen MR) is 79.1 cm³/mol. The lowest BCUT2D eigenvalue weighted by molar-refractivity contribution is 0.0508. The first-order valence-corrected chi connectivity index (χ1v) is 7.58. The molecule has 0 saturated heterocycles. The van der Waals surface area contributed by atoms with Gasteiger partial charge in [-0.25, -0.2) is 4.98 Å². The Kier molecular flexibility index (Phi) is 3.50. The number of hydrogen-bond donors (Lipinski definition) is 2. The molecule has 2 unspecified atom stereocenters. The summed E-state index contributed by atoms with van der Waals surface area (Å²) >= 11 is 1.54. The van der Waals surface area contributed by atoms with Crippen molar-refractivity contribution in [2.75, 3.05) is 13.2 Å². The van der Waals surface area contributed by atoms with Gasteiger partial charge in [0.2, 0.25) is 0 Å². The normalized spacial score (nSPS) is 22.9. The summed E-state index contributed by atoms with van der Waals surface area (Å²) in [6.07, 6.45) is -0.0133. The number of aromatic nitrogens is 1. The minimum Gasteiger partial charge on any atom is -0.493 e. The van der Waals surface area contributed by atoms with Crippen LogP contribution in [0, 0.1) is 6.92 Å². The number of aryl methyl sites for hydroxylation is 1. The van der Waals surface area contributed by atoms with Gasteiger partial charge in [0.25, 0.3) is 0 Å². The molecule has 4 nitrogen and oxygen atoms in total.